The Morgan fingerprint density at radius 1 is 1.04 bits per heavy atom. The number of amides is 2. The normalized spacial score (nSPS) is 20.3. The number of pyridine rings is 2. The van der Waals surface area contributed by atoms with E-state index < -0.39 is 5.41 Å². The van der Waals surface area contributed by atoms with Gasteiger partial charge in [-0.05, 0) is 67.9 Å². The molecule has 3 saturated heterocycles. The minimum Gasteiger partial charge on any atom is -0.495 e. The Morgan fingerprint density at radius 2 is 1.79 bits per heavy atom. The number of nitrogens with one attached hydrogen (secondary N) is 1. The van der Waals surface area contributed by atoms with Crippen molar-refractivity contribution in [1.82, 2.24) is 19.8 Å². The fourth-order valence-corrected chi connectivity index (χ4v) is 6.63. The van der Waals surface area contributed by atoms with Gasteiger partial charge in [0, 0.05) is 57.6 Å². The number of likely N-dealkylation sites (tertiary alicyclic amines) is 1. The highest BCUT2D eigenvalue weighted by Crippen LogP contribution is 2.42. The predicted octanol–water partition coefficient (Wildman–Crippen LogP) is 1.62. The number of carbonyl (C=O) groups excluding carboxylic acids is 2. The summed E-state index contributed by atoms with van der Waals surface area (Å²) < 4.78 is 5.17. The molecule has 3 aliphatic heterocycles. The fraction of sp³-hybridized carbons (Fsp3) is 0.382. The number of anilines is 3. The van der Waals surface area contributed by atoms with Gasteiger partial charge < -0.3 is 26.0 Å². The maximum atomic E-state index is 13.9. The van der Waals surface area contributed by atoms with Gasteiger partial charge in [-0.1, -0.05) is 0 Å². The van der Waals surface area contributed by atoms with Gasteiger partial charge >= 0.3 is 0 Å². The van der Waals surface area contributed by atoms with Gasteiger partial charge in [-0.3, -0.25) is 34.8 Å². The monoisotopic (exact) mass is 651 g/mol. The largest absolute Gasteiger partial charge is 0.495 e. The van der Waals surface area contributed by atoms with Crippen molar-refractivity contribution in [2.45, 2.75) is 12.8 Å². The lowest BCUT2D eigenvalue weighted by Gasteiger charge is -2.37. The maximum Gasteiger partial charge on any atom is 0.236 e. The smallest absolute Gasteiger partial charge is 0.236 e. The van der Waals surface area contributed by atoms with Crippen molar-refractivity contribution in [3.63, 3.8) is 0 Å². The Hall–Kier alpha value is -5.37. The Morgan fingerprint density at radius 3 is 2.48 bits per heavy atom. The average molecular weight is 652 g/mol. The van der Waals surface area contributed by atoms with E-state index in [0.717, 1.165) is 24.3 Å². The van der Waals surface area contributed by atoms with E-state index in [2.05, 4.69) is 29.8 Å². The van der Waals surface area contributed by atoms with Crippen molar-refractivity contribution in [3.05, 3.63) is 71.7 Å². The summed E-state index contributed by atoms with van der Waals surface area (Å²) in [6, 6.07) is 14.7. The molecule has 5 N–H and O–H groups in total. The number of methoxy groups -OCH3 is 1. The van der Waals surface area contributed by atoms with Gasteiger partial charge in [-0.15, -0.1) is 0 Å². The highest BCUT2D eigenvalue weighted by Gasteiger charge is 2.51. The average Bonchev–Trinajstić information content (AvgIpc) is 3.68. The first-order valence-corrected chi connectivity index (χ1v) is 16.0. The molecular formula is C34H41N11O3. The van der Waals surface area contributed by atoms with Crippen LogP contribution in [-0.2, 0) is 9.59 Å². The first-order valence-electron chi connectivity index (χ1n) is 16.0. The van der Waals surface area contributed by atoms with E-state index in [-0.39, 0.29) is 23.2 Å². The number of nitrogen functional groups attached to an aromatic ring is 1. The third-order valence-corrected chi connectivity index (χ3v) is 9.43. The molecule has 250 valence electrons. The zero-order valence-corrected chi connectivity index (χ0v) is 27.3. The standard InChI is InChI=1S/C34H41N11O3/c1-38-22-40-32(37)23-3-5-24(6-4-23)43-15-17-44(18-16-43)29(46)20-42-13-11-34(21-42)12-14-45(33(34)47)28-10-8-26(35)31(41-28)30(36)27-9-7-25(48-2)19-39-27/h3-10,19,22,36H,11-18,20-21,35H2,1-2H3,(H2,37,38,40)/t34-/m0/s1. The summed E-state index contributed by atoms with van der Waals surface area (Å²) in [6.45, 7) is 4.76. The molecule has 0 unspecified atom stereocenters. The van der Waals surface area contributed by atoms with Crippen LogP contribution >= 0.6 is 0 Å². The minimum atomic E-state index is -0.559. The number of carbonyl (C=O) groups is 2. The van der Waals surface area contributed by atoms with E-state index in [1.807, 2.05) is 29.2 Å². The maximum absolute atomic E-state index is 13.9. The summed E-state index contributed by atoms with van der Waals surface area (Å²) in [5, 5.41) is 8.68. The number of hydrogen-bond acceptors (Lipinski definition) is 10. The Balaban J connectivity index is 1.03. The molecule has 14 heteroatoms. The van der Waals surface area contributed by atoms with Crippen LogP contribution in [0.1, 0.15) is 29.8 Å². The number of hydrogen-bond donors (Lipinski definition) is 3. The van der Waals surface area contributed by atoms with Crippen LogP contribution in [0.15, 0.2) is 64.7 Å². The second-order valence-corrected chi connectivity index (χ2v) is 12.3. The first kappa shape index (κ1) is 32.6. The minimum absolute atomic E-state index is 0.000861. The number of aromatic nitrogens is 2. The van der Waals surface area contributed by atoms with E-state index in [9.17, 15) is 9.59 Å². The Labute approximate surface area is 279 Å². The summed E-state index contributed by atoms with van der Waals surface area (Å²) in [7, 11) is 3.20. The number of aliphatic imine (C=N–C) groups is 2. The van der Waals surface area contributed by atoms with Gasteiger partial charge in [0.25, 0.3) is 0 Å². The molecule has 3 fully saturated rings. The summed E-state index contributed by atoms with van der Waals surface area (Å²) in [5.41, 5.74) is 14.6. The SMILES string of the molecule is CN=CN=C(N)c1ccc(N2CCN(C(=O)CN3CC[C@]4(CCN(c5ccc(N)c(C(=N)c6ccc(OC)cn6)n5)C4=O)C3)CC2)cc1. The van der Waals surface area contributed by atoms with Crippen molar-refractivity contribution >= 4 is 46.9 Å². The predicted molar refractivity (Wildman–Crippen MR) is 186 cm³/mol. The molecule has 0 aliphatic carbocycles. The number of benzene rings is 1. The number of nitrogens with two attached hydrogens (primary N) is 2. The molecule has 3 aromatic rings. The van der Waals surface area contributed by atoms with Crippen molar-refractivity contribution in [2.75, 3.05) is 82.0 Å². The molecule has 2 aromatic heterocycles. The second kappa shape index (κ2) is 13.8. The van der Waals surface area contributed by atoms with E-state index in [0.29, 0.717) is 80.9 Å². The highest BCUT2D eigenvalue weighted by atomic mass is 16.5. The summed E-state index contributed by atoms with van der Waals surface area (Å²) >= 11 is 0. The molecule has 3 aliphatic rings. The molecule has 48 heavy (non-hydrogen) atoms. The van der Waals surface area contributed by atoms with Gasteiger partial charge in [0.05, 0.1) is 36.6 Å². The number of rotatable bonds is 9. The van der Waals surface area contributed by atoms with Crippen LogP contribution in [0.2, 0.25) is 0 Å². The van der Waals surface area contributed by atoms with Crippen LogP contribution in [0.25, 0.3) is 0 Å². The molecule has 0 bridgehead atoms. The third-order valence-electron chi connectivity index (χ3n) is 9.43. The van der Waals surface area contributed by atoms with Gasteiger partial charge in [0.15, 0.2) is 0 Å². The molecule has 5 heterocycles. The van der Waals surface area contributed by atoms with Crippen LogP contribution < -0.4 is 26.0 Å². The number of piperazine rings is 1. The van der Waals surface area contributed by atoms with Gasteiger partial charge in [-0.25, -0.2) is 9.98 Å². The van der Waals surface area contributed by atoms with Crippen LogP contribution in [-0.4, -0.2) is 116 Å². The number of ether oxygens (including phenoxy) is 1. The lowest BCUT2D eigenvalue weighted by molar-refractivity contribution is -0.133. The third kappa shape index (κ3) is 6.56. The summed E-state index contributed by atoms with van der Waals surface area (Å²) in [6.07, 6.45) is 4.32. The molecule has 0 radical (unpaired) electrons. The van der Waals surface area contributed by atoms with Crippen LogP contribution in [0.5, 0.6) is 5.75 Å². The highest BCUT2D eigenvalue weighted by molar-refractivity contribution is 6.12. The van der Waals surface area contributed by atoms with E-state index in [4.69, 9.17) is 21.6 Å². The molecular weight excluding hydrogens is 610 g/mol. The molecule has 14 nitrogen and oxygen atoms in total. The topological polar surface area (TPSA) is 183 Å². The van der Waals surface area contributed by atoms with E-state index >= 15 is 0 Å². The van der Waals surface area contributed by atoms with Gasteiger partial charge in [0.1, 0.15) is 35.1 Å². The lowest BCUT2D eigenvalue weighted by atomic mass is 9.85. The first-order chi connectivity index (χ1) is 23.2. The van der Waals surface area contributed by atoms with Crippen molar-refractivity contribution in [1.29, 1.82) is 5.41 Å². The van der Waals surface area contributed by atoms with Crippen LogP contribution in [0.3, 0.4) is 0 Å². The molecule has 1 atom stereocenters. The fourth-order valence-electron chi connectivity index (χ4n) is 6.63. The zero-order chi connectivity index (χ0) is 33.8. The van der Waals surface area contributed by atoms with Gasteiger partial charge in [0.2, 0.25) is 11.8 Å². The van der Waals surface area contributed by atoms with Crippen LogP contribution in [0, 0.1) is 10.8 Å². The molecule has 1 spiro atoms. The Kier molecular flexibility index (Phi) is 9.35. The van der Waals surface area contributed by atoms with Crippen molar-refractivity contribution in [3.8, 4) is 5.75 Å². The molecule has 2 amide bonds. The van der Waals surface area contributed by atoms with Gasteiger partial charge in [-0.2, -0.15) is 0 Å². The molecule has 6 rings (SSSR count). The molecule has 0 saturated carbocycles. The summed E-state index contributed by atoms with van der Waals surface area (Å²) in [4.78, 5) is 52.1. The van der Waals surface area contributed by atoms with E-state index in [1.165, 1.54) is 12.5 Å². The Bertz CT molecular complexity index is 1730. The van der Waals surface area contributed by atoms with Crippen LogP contribution in [0.4, 0.5) is 17.2 Å². The number of nitrogens with zero attached hydrogens (tertiary/aromatic N) is 8. The quantitative estimate of drug-likeness (QED) is 0.229. The van der Waals surface area contributed by atoms with E-state index in [1.54, 1.807) is 43.3 Å². The number of amidine groups is 1. The van der Waals surface area contributed by atoms with Crippen molar-refractivity contribution < 1.29 is 14.3 Å². The zero-order valence-electron chi connectivity index (χ0n) is 27.3. The van der Waals surface area contributed by atoms with Crippen molar-refractivity contribution in [2.24, 2.45) is 21.1 Å². The second-order valence-electron chi connectivity index (χ2n) is 12.3. The lowest BCUT2D eigenvalue weighted by Crippen LogP contribution is -2.51. The molecule has 1 aromatic carbocycles. The summed E-state index contributed by atoms with van der Waals surface area (Å²) in [5.74, 6) is 1.54.